The van der Waals surface area contributed by atoms with Gasteiger partial charge >= 0.3 is 12.0 Å². The average Bonchev–Trinajstić information content (AvgIpc) is 3.39. The number of ether oxygens (including phenoxy) is 1. The maximum Gasteiger partial charge on any atom is 0.331 e. The molecule has 0 unspecified atom stereocenters. The zero-order valence-corrected chi connectivity index (χ0v) is 18.8. The van der Waals surface area contributed by atoms with Gasteiger partial charge in [0.05, 0.1) is 25.0 Å². The van der Waals surface area contributed by atoms with Gasteiger partial charge in [0, 0.05) is 17.3 Å². The molecule has 0 radical (unpaired) electrons. The molecule has 1 aromatic carbocycles. The third-order valence-electron chi connectivity index (χ3n) is 4.88. The minimum Gasteiger partial charge on any atom is -0.467 e. The zero-order valence-electron chi connectivity index (χ0n) is 18.8. The standard InChI is InChI=1S/C24H26N4O5/c1-16-6-8-19(9-7-16)14-28-18(3)21(17(2)27-28)10-11-23(30)33-15-22(29)26-24(31)25-13-20-5-4-12-32-20/h4-12H,13-15H2,1-3H3,(H2,25,26,29,31)/b11-10+. The van der Waals surface area contributed by atoms with Gasteiger partial charge in [0.1, 0.15) is 5.76 Å². The van der Waals surface area contributed by atoms with Gasteiger partial charge in [-0.15, -0.1) is 0 Å². The van der Waals surface area contributed by atoms with Crippen LogP contribution in [0.15, 0.2) is 53.2 Å². The van der Waals surface area contributed by atoms with Crippen LogP contribution in [0.2, 0.25) is 0 Å². The quantitative estimate of drug-likeness (QED) is 0.403. The molecule has 0 saturated carbocycles. The van der Waals surface area contributed by atoms with Crippen LogP contribution in [-0.4, -0.2) is 34.3 Å². The molecular formula is C24H26N4O5. The van der Waals surface area contributed by atoms with Crippen molar-refractivity contribution >= 4 is 24.0 Å². The van der Waals surface area contributed by atoms with E-state index < -0.39 is 24.5 Å². The van der Waals surface area contributed by atoms with Gasteiger partial charge < -0.3 is 14.5 Å². The van der Waals surface area contributed by atoms with E-state index in [4.69, 9.17) is 9.15 Å². The molecule has 3 aromatic rings. The lowest BCUT2D eigenvalue weighted by Gasteiger charge is -2.06. The molecule has 0 aliphatic heterocycles. The predicted octanol–water partition coefficient (Wildman–Crippen LogP) is 3.03. The molecule has 33 heavy (non-hydrogen) atoms. The number of carbonyl (C=O) groups is 3. The van der Waals surface area contributed by atoms with Crippen molar-refractivity contribution in [2.75, 3.05) is 6.61 Å². The van der Waals surface area contributed by atoms with Gasteiger partial charge in [0.15, 0.2) is 6.61 Å². The van der Waals surface area contributed by atoms with Crippen LogP contribution in [0, 0.1) is 20.8 Å². The average molecular weight is 450 g/mol. The van der Waals surface area contributed by atoms with Gasteiger partial charge in [-0.3, -0.25) is 14.8 Å². The Morgan fingerprint density at radius 2 is 1.88 bits per heavy atom. The number of aromatic nitrogens is 2. The first kappa shape index (κ1) is 23.5. The molecule has 0 bridgehead atoms. The van der Waals surface area contributed by atoms with Crippen LogP contribution in [0.4, 0.5) is 4.79 Å². The summed E-state index contributed by atoms with van der Waals surface area (Å²) in [6.45, 7) is 5.99. The zero-order chi connectivity index (χ0) is 23.8. The van der Waals surface area contributed by atoms with Crippen molar-refractivity contribution in [3.63, 3.8) is 0 Å². The van der Waals surface area contributed by atoms with E-state index in [1.807, 2.05) is 25.5 Å². The Labute approximate surface area is 191 Å². The predicted molar refractivity (Wildman–Crippen MR) is 121 cm³/mol. The lowest BCUT2D eigenvalue weighted by atomic mass is 10.1. The molecule has 9 heteroatoms. The van der Waals surface area contributed by atoms with E-state index in [1.54, 1.807) is 18.2 Å². The highest BCUT2D eigenvalue weighted by Crippen LogP contribution is 2.17. The van der Waals surface area contributed by atoms with Crippen molar-refractivity contribution in [1.82, 2.24) is 20.4 Å². The number of hydrogen-bond acceptors (Lipinski definition) is 6. The van der Waals surface area contributed by atoms with Crippen LogP contribution in [0.3, 0.4) is 0 Å². The van der Waals surface area contributed by atoms with Crippen molar-refractivity contribution in [2.24, 2.45) is 0 Å². The highest BCUT2D eigenvalue weighted by Gasteiger charge is 2.12. The molecule has 9 nitrogen and oxygen atoms in total. The van der Waals surface area contributed by atoms with Crippen molar-refractivity contribution in [2.45, 2.75) is 33.9 Å². The van der Waals surface area contributed by atoms with Crippen molar-refractivity contribution in [3.05, 3.63) is 82.6 Å². The second-order valence-electron chi connectivity index (χ2n) is 7.48. The number of furan rings is 1. The Morgan fingerprint density at radius 3 is 2.58 bits per heavy atom. The first-order valence-corrected chi connectivity index (χ1v) is 10.4. The largest absolute Gasteiger partial charge is 0.467 e. The number of carbonyl (C=O) groups excluding carboxylic acids is 3. The second-order valence-corrected chi connectivity index (χ2v) is 7.48. The van der Waals surface area contributed by atoms with E-state index in [9.17, 15) is 14.4 Å². The molecule has 0 aliphatic rings. The van der Waals surface area contributed by atoms with E-state index >= 15 is 0 Å². The second kappa shape index (κ2) is 10.9. The van der Waals surface area contributed by atoms with Crippen LogP contribution >= 0.6 is 0 Å². The van der Waals surface area contributed by atoms with Crippen molar-refractivity contribution in [3.8, 4) is 0 Å². The Bertz CT molecular complexity index is 1140. The van der Waals surface area contributed by atoms with E-state index in [0.29, 0.717) is 12.3 Å². The maximum atomic E-state index is 12.0. The molecule has 2 N–H and O–H groups in total. The van der Waals surface area contributed by atoms with E-state index in [1.165, 1.54) is 17.9 Å². The monoisotopic (exact) mass is 450 g/mol. The van der Waals surface area contributed by atoms with Gasteiger partial charge in [-0.2, -0.15) is 5.10 Å². The summed E-state index contributed by atoms with van der Waals surface area (Å²) in [6, 6.07) is 10.9. The maximum absolute atomic E-state index is 12.0. The number of nitrogens with one attached hydrogen (secondary N) is 2. The summed E-state index contributed by atoms with van der Waals surface area (Å²) >= 11 is 0. The number of nitrogens with zero attached hydrogens (tertiary/aromatic N) is 2. The SMILES string of the molecule is Cc1ccc(Cn2nc(C)c(/C=C/C(=O)OCC(=O)NC(=O)NCc3ccco3)c2C)cc1. The molecule has 0 saturated heterocycles. The summed E-state index contributed by atoms with van der Waals surface area (Å²) in [5.41, 5.74) is 4.80. The fourth-order valence-corrected chi connectivity index (χ4v) is 3.10. The van der Waals surface area contributed by atoms with Gasteiger partial charge in [-0.1, -0.05) is 29.8 Å². The van der Waals surface area contributed by atoms with Gasteiger partial charge in [-0.25, -0.2) is 9.59 Å². The molecule has 3 amide bonds. The highest BCUT2D eigenvalue weighted by molar-refractivity contribution is 5.96. The first-order chi connectivity index (χ1) is 15.8. The third-order valence-corrected chi connectivity index (χ3v) is 4.88. The minimum atomic E-state index is -0.744. The van der Waals surface area contributed by atoms with E-state index in [-0.39, 0.29) is 6.54 Å². The lowest BCUT2D eigenvalue weighted by molar-refractivity contribution is -0.143. The lowest BCUT2D eigenvalue weighted by Crippen LogP contribution is -2.41. The van der Waals surface area contributed by atoms with Crippen molar-refractivity contribution < 1.29 is 23.5 Å². The molecular weight excluding hydrogens is 424 g/mol. The summed E-state index contributed by atoms with van der Waals surface area (Å²) in [7, 11) is 0. The highest BCUT2D eigenvalue weighted by atomic mass is 16.5. The minimum absolute atomic E-state index is 0.130. The van der Waals surface area contributed by atoms with Crippen LogP contribution in [-0.2, 0) is 27.4 Å². The molecule has 172 valence electrons. The number of urea groups is 1. The number of benzene rings is 1. The van der Waals surface area contributed by atoms with E-state index in [0.717, 1.165) is 22.5 Å². The van der Waals surface area contributed by atoms with Crippen molar-refractivity contribution in [1.29, 1.82) is 0 Å². The summed E-state index contributed by atoms with van der Waals surface area (Å²) in [6.07, 6.45) is 4.32. The fourth-order valence-electron chi connectivity index (χ4n) is 3.10. The smallest absolute Gasteiger partial charge is 0.331 e. The van der Waals surface area contributed by atoms with E-state index in [2.05, 4.69) is 40.0 Å². The number of hydrogen-bond donors (Lipinski definition) is 2. The normalized spacial score (nSPS) is 10.9. The van der Waals surface area contributed by atoms with Crippen LogP contribution in [0.5, 0.6) is 0 Å². The van der Waals surface area contributed by atoms with Crippen LogP contribution in [0.25, 0.3) is 6.08 Å². The molecule has 3 rings (SSSR count). The molecule has 2 heterocycles. The Morgan fingerprint density at radius 1 is 1.12 bits per heavy atom. The number of aryl methyl sites for hydroxylation is 2. The molecule has 0 atom stereocenters. The van der Waals surface area contributed by atoms with Crippen LogP contribution < -0.4 is 10.6 Å². The summed E-state index contributed by atoms with van der Waals surface area (Å²) < 4.78 is 11.9. The van der Waals surface area contributed by atoms with Crippen LogP contribution in [0.1, 0.15) is 33.8 Å². The Hall–Kier alpha value is -4.14. The summed E-state index contributed by atoms with van der Waals surface area (Å²) in [4.78, 5) is 35.5. The fraction of sp³-hybridized carbons (Fsp3) is 0.250. The molecule has 0 spiro atoms. The Balaban J connectivity index is 1.47. The number of amides is 3. The van der Waals surface area contributed by atoms with Gasteiger partial charge in [0.2, 0.25) is 0 Å². The Kier molecular flexibility index (Phi) is 7.80. The molecule has 0 fully saturated rings. The van der Waals surface area contributed by atoms with Gasteiger partial charge in [-0.05, 0) is 44.5 Å². The third kappa shape index (κ3) is 6.93. The molecule has 0 aliphatic carbocycles. The first-order valence-electron chi connectivity index (χ1n) is 10.4. The van der Waals surface area contributed by atoms with Gasteiger partial charge in [0.25, 0.3) is 5.91 Å². The summed E-state index contributed by atoms with van der Waals surface area (Å²) in [5.74, 6) is -0.903. The number of imide groups is 1. The number of rotatable bonds is 8. The number of esters is 1. The topological polar surface area (TPSA) is 115 Å². The summed E-state index contributed by atoms with van der Waals surface area (Å²) in [5, 5.41) is 9.08. The molecule has 2 aromatic heterocycles.